The third-order valence-corrected chi connectivity index (χ3v) is 3.25. The zero-order valence-corrected chi connectivity index (χ0v) is 13.3. The Kier molecular flexibility index (Phi) is 11.7. The summed E-state index contributed by atoms with van der Waals surface area (Å²) in [6.45, 7) is 6.78. The lowest BCUT2D eigenvalue weighted by Crippen LogP contribution is -2.35. The Morgan fingerprint density at radius 2 is 1.68 bits per heavy atom. The van der Waals surface area contributed by atoms with E-state index in [1.54, 1.807) is 6.08 Å². The van der Waals surface area contributed by atoms with Crippen molar-refractivity contribution in [1.82, 2.24) is 9.80 Å². The fourth-order valence-electron chi connectivity index (χ4n) is 1.90. The summed E-state index contributed by atoms with van der Waals surface area (Å²) in [5, 5.41) is 0. The standard InChI is InChI=1S/C16H32N2O/c1-5-7-8-9-10-11-12-13-16(19)18(6-2)15-14-17(3)4/h12-13H,5-11,14-15H2,1-4H3/b13-12+. The molecule has 0 aliphatic rings. The van der Waals surface area contributed by atoms with Crippen LogP contribution in [-0.2, 0) is 4.79 Å². The molecule has 1 amide bonds. The largest absolute Gasteiger partial charge is 0.338 e. The summed E-state index contributed by atoms with van der Waals surface area (Å²) in [5.41, 5.74) is 0. The van der Waals surface area contributed by atoms with Gasteiger partial charge in [0.25, 0.3) is 0 Å². The van der Waals surface area contributed by atoms with E-state index in [1.807, 2.05) is 32.0 Å². The maximum absolute atomic E-state index is 11.9. The second-order valence-corrected chi connectivity index (χ2v) is 5.33. The van der Waals surface area contributed by atoms with Crippen LogP contribution in [0.2, 0.25) is 0 Å². The third-order valence-electron chi connectivity index (χ3n) is 3.25. The molecule has 0 N–H and O–H groups in total. The summed E-state index contributed by atoms with van der Waals surface area (Å²) in [6, 6.07) is 0. The molecular weight excluding hydrogens is 236 g/mol. The van der Waals surface area contributed by atoms with E-state index in [0.29, 0.717) is 0 Å². The van der Waals surface area contributed by atoms with Crippen molar-refractivity contribution in [2.75, 3.05) is 33.7 Å². The fraction of sp³-hybridized carbons (Fsp3) is 0.812. The van der Waals surface area contributed by atoms with Gasteiger partial charge in [-0.2, -0.15) is 0 Å². The van der Waals surface area contributed by atoms with Crippen LogP contribution in [0.5, 0.6) is 0 Å². The van der Waals surface area contributed by atoms with E-state index in [-0.39, 0.29) is 5.91 Å². The molecule has 0 aromatic rings. The molecule has 0 atom stereocenters. The Morgan fingerprint density at radius 3 is 2.26 bits per heavy atom. The van der Waals surface area contributed by atoms with E-state index in [1.165, 1.54) is 32.1 Å². The summed E-state index contributed by atoms with van der Waals surface area (Å²) in [4.78, 5) is 15.9. The highest BCUT2D eigenvalue weighted by atomic mass is 16.2. The Hall–Kier alpha value is -0.830. The molecule has 0 radical (unpaired) electrons. The highest BCUT2D eigenvalue weighted by Gasteiger charge is 2.07. The maximum atomic E-state index is 11.9. The number of amides is 1. The molecular formula is C16H32N2O. The molecule has 0 saturated carbocycles. The van der Waals surface area contributed by atoms with Crippen molar-refractivity contribution in [3.63, 3.8) is 0 Å². The minimum Gasteiger partial charge on any atom is -0.338 e. The molecule has 0 bridgehead atoms. The van der Waals surface area contributed by atoms with Crippen molar-refractivity contribution in [1.29, 1.82) is 0 Å². The second kappa shape index (κ2) is 12.2. The first kappa shape index (κ1) is 18.2. The second-order valence-electron chi connectivity index (χ2n) is 5.33. The first-order valence-corrected chi connectivity index (χ1v) is 7.72. The van der Waals surface area contributed by atoms with Crippen molar-refractivity contribution < 1.29 is 4.79 Å². The molecule has 0 aromatic heterocycles. The molecule has 0 rings (SSSR count). The monoisotopic (exact) mass is 268 g/mol. The van der Waals surface area contributed by atoms with Crippen molar-refractivity contribution >= 4 is 5.91 Å². The lowest BCUT2D eigenvalue weighted by molar-refractivity contribution is -0.126. The van der Waals surface area contributed by atoms with Gasteiger partial charge in [-0.05, 0) is 39.9 Å². The predicted molar refractivity (Wildman–Crippen MR) is 83.3 cm³/mol. The summed E-state index contributed by atoms with van der Waals surface area (Å²) in [5.74, 6) is 0.151. The first-order chi connectivity index (χ1) is 9.11. The van der Waals surface area contributed by atoms with Crippen molar-refractivity contribution in [2.24, 2.45) is 0 Å². The fourth-order valence-corrected chi connectivity index (χ4v) is 1.90. The van der Waals surface area contributed by atoms with Crippen molar-refractivity contribution in [3.8, 4) is 0 Å². The highest BCUT2D eigenvalue weighted by molar-refractivity contribution is 5.87. The first-order valence-electron chi connectivity index (χ1n) is 7.72. The Bertz CT molecular complexity index is 249. The van der Waals surface area contributed by atoms with Gasteiger partial charge in [-0.15, -0.1) is 0 Å². The van der Waals surface area contributed by atoms with Gasteiger partial charge in [-0.3, -0.25) is 4.79 Å². The summed E-state index contributed by atoms with van der Waals surface area (Å²) < 4.78 is 0. The lowest BCUT2D eigenvalue weighted by atomic mass is 10.1. The summed E-state index contributed by atoms with van der Waals surface area (Å²) in [6.07, 6.45) is 11.2. The van der Waals surface area contributed by atoms with Crippen LogP contribution < -0.4 is 0 Å². The minimum absolute atomic E-state index is 0.151. The molecule has 0 fully saturated rings. The van der Waals surface area contributed by atoms with Crippen LogP contribution in [-0.4, -0.2) is 49.4 Å². The Labute approximate surface area is 119 Å². The molecule has 0 unspecified atom stereocenters. The van der Waals surface area contributed by atoms with E-state index in [4.69, 9.17) is 0 Å². The highest BCUT2D eigenvalue weighted by Crippen LogP contribution is 2.05. The SMILES string of the molecule is CCCCCCC/C=C/C(=O)N(CC)CCN(C)C. The summed E-state index contributed by atoms with van der Waals surface area (Å²) >= 11 is 0. The summed E-state index contributed by atoms with van der Waals surface area (Å²) in [7, 11) is 4.06. The molecule has 3 heteroatoms. The number of hydrogen-bond acceptors (Lipinski definition) is 2. The van der Waals surface area contributed by atoms with Crippen LogP contribution in [0.1, 0.15) is 52.4 Å². The lowest BCUT2D eigenvalue weighted by Gasteiger charge is -2.21. The van der Waals surface area contributed by atoms with Crippen LogP contribution >= 0.6 is 0 Å². The zero-order valence-electron chi connectivity index (χ0n) is 13.3. The van der Waals surface area contributed by atoms with Crippen LogP contribution in [0, 0.1) is 0 Å². The number of unbranched alkanes of at least 4 members (excludes halogenated alkanes) is 5. The van der Waals surface area contributed by atoms with E-state index in [9.17, 15) is 4.79 Å². The maximum Gasteiger partial charge on any atom is 0.246 e. The van der Waals surface area contributed by atoms with Crippen molar-refractivity contribution in [3.05, 3.63) is 12.2 Å². The average Bonchev–Trinajstić information content (AvgIpc) is 2.38. The molecule has 0 aliphatic carbocycles. The number of rotatable bonds is 11. The molecule has 0 aliphatic heterocycles. The van der Waals surface area contributed by atoms with Crippen LogP contribution in [0.4, 0.5) is 0 Å². The molecule has 0 heterocycles. The quantitative estimate of drug-likeness (QED) is 0.424. The molecule has 0 saturated heterocycles. The van der Waals surface area contributed by atoms with E-state index < -0.39 is 0 Å². The molecule has 112 valence electrons. The average molecular weight is 268 g/mol. The van der Waals surface area contributed by atoms with Crippen molar-refractivity contribution in [2.45, 2.75) is 52.4 Å². The van der Waals surface area contributed by atoms with Gasteiger partial charge in [-0.1, -0.05) is 38.7 Å². The van der Waals surface area contributed by atoms with Gasteiger partial charge in [0, 0.05) is 19.6 Å². The van der Waals surface area contributed by atoms with E-state index in [2.05, 4.69) is 11.8 Å². The number of allylic oxidation sites excluding steroid dienone is 1. The van der Waals surface area contributed by atoms with Gasteiger partial charge >= 0.3 is 0 Å². The zero-order chi connectivity index (χ0) is 14.5. The van der Waals surface area contributed by atoms with Gasteiger partial charge in [-0.25, -0.2) is 0 Å². The molecule has 0 aromatic carbocycles. The van der Waals surface area contributed by atoms with Gasteiger partial charge in [0.15, 0.2) is 0 Å². The minimum atomic E-state index is 0.151. The Morgan fingerprint density at radius 1 is 1.00 bits per heavy atom. The number of likely N-dealkylation sites (N-methyl/N-ethyl adjacent to an activating group) is 2. The van der Waals surface area contributed by atoms with E-state index in [0.717, 1.165) is 26.1 Å². The molecule has 3 nitrogen and oxygen atoms in total. The topological polar surface area (TPSA) is 23.6 Å². The number of carbonyl (C=O) groups is 1. The molecule has 0 spiro atoms. The van der Waals surface area contributed by atoms with E-state index >= 15 is 0 Å². The Balaban J connectivity index is 3.78. The number of hydrogen-bond donors (Lipinski definition) is 0. The van der Waals surface area contributed by atoms with Gasteiger partial charge in [0.05, 0.1) is 0 Å². The predicted octanol–water partition coefficient (Wildman–Crippen LogP) is 3.31. The third kappa shape index (κ3) is 10.8. The van der Waals surface area contributed by atoms with Gasteiger partial charge < -0.3 is 9.80 Å². The normalized spacial score (nSPS) is 11.4. The van der Waals surface area contributed by atoms with Gasteiger partial charge in [0.1, 0.15) is 0 Å². The smallest absolute Gasteiger partial charge is 0.246 e. The van der Waals surface area contributed by atoms with Gasteiger partial charge in [0.2, 0.25) is 5.91 Å². The van der Waals surface area contributed by atoms with Crippen LogP contribution in [0.25, 0.3) is 0 Å². The molecule has 19 heavy (non-hydrogen) atoms. The van der Waals surface area contributed by atoms with Crippen LogP contribution in [0.15, 0.2) is 12.2 Å². The number of carbonyl (C=O) groups excluding carboxylic acids is 1. The van der Waals surface area contributed by atoms with Crippen LogP contribution in [0.3, 0.4) is 0 Å². The number of nitrogens with zero attached hydrogens (tertiary/aromatic N) is 2.